The molecule has 0 unspecified atom stereocenters. The van der Waals surface area contributed by atoms with Crippen LogP contribution in [-0.2, 0) is 22.6 Å². The van der Waals surface area contributed by atoms with Crippen LogP contribution in [0.2, 0.25) is 10.0 Å². The largest absolute Gasteiger partial charge is 0.352 e. The van der Waals surface area contributed by atoms with Crippen molar-refractivity contribution in [3.8, 4) is 0 Å². The van der Waals surface area contributed by atoms with E-state index in [1.807, 2.05) is 50.2 Å². The molecule has 0 aromatic heterocycles. The van der Waals surface area contributed by atoms with Gasteiger partial charge in [-0.2, -0.15) is 0 Å². The predicted octanol–water partition coefficient (Wildman–Crippen LogP) is 7.34. The quantitative estimate of drug-likeness (QED) is 0.237. The Morgan fingerprint density at radius 3 is 2.35 bits per heavy atom. The SMILES string of the molecule is CC[C@@H](C)NC(=O)[C@@H](Cc1ccccc1)N(Cc1ccc(Cl)cc1Cl)C(=O)CCSc1ccc(C)cc1. The second-order valence-corrected chi connectivity index (χ2v) is 11.2. The van der Waals surface area contributed by atoms with Gasteiger partial charge in [-0.1, -0.05) is 84.2 Å². The van der Waals surface area contributed by atoms with Crippen molar-refractivity contribution in [2.75, 3.05) is 5.75 Å². The van der Waals surface area contributed by atoms with Crippen molar-refractivity contribution >= 4 is 46.8 Å². The van der Waals surface area contributed by atoms with Gasteiger partial charge in [0.15, 0.2) is 0 Å². The standard InChI is InChI=1S/C30H34Cl2N2O2S/c1-4-22(3)33-30(36)28(18-23-8-6-5-7-9-23)34(20-24-12-13-25(31)19-27(24)32)29(35)16-17-37-26-14-10-21(2)11-15-26/h5-15,19,22,28H,4,16-18,20H2,1-3H3,(H,33,36)/t22-,28-/m1/s1. The summed E-state index contributed by atoms with van der Waals surface area (Å²) >= 11 is 14.2. The summed E-state index contributed by atoms with van der Waals surface area (Å²) in [4.78, 5) is 30.1. The van der Waals surface area contributed by atoms with E-state index >= 15 is 0 Å². The Kier molecular flexibility index (Phi) is 11.4. The minimum atomic E-state index is -0.681. The van der Waals surface area contributed by atoms with Crippen LogP contribution in [0.5, 0.6) is 0 Å². The number of amides is 2. The third-order valence-electron chi connectivity index (χ3n) is 6.23. The number of nitrogens with zero attached hydrogens (tertiary/aromatic N) is 1. The molecule has 3 rings (SSSR count). The van der Waals surface area contributed by atoms with Crippen LogP contribution in [0.3, 0.4) is 0 Å². The summed E-state index contributed by atoms with van der Waals surface area (Å²) in [7, 11) is 0. The normalized spacial score (nSPS) is 12.6. The van der Waals surface area contributed by atoms with E-state index in [-0.39, 0.29) is 24.4 Å². The smallest absolute Gasteiger partial charge is 0.243 e. The molecule has 2 amide bonds. The number of hydrogen-bond donors (Lipinski definition) is 1. The summed E-state index contributed by atoms with van der Waals surface area (Å²) in [6.07, 6.45) is 1.50. The lowest BCUT2D eigenvalue weighted by Gasteiger charge is -2.32. The molecule has 0 radical (unpaired) electrons. The van der Waals surface area contributed by atoms with Crippen LogP contribution in [-0.4, -0.2) is 34.6 Å². The predicted molar refractivity (Wildman–Crippen MR) is 155 cm³/mol. The third kappa shape index (κ3) is 9.10. The summed E-state index contributed by atoms with van der Waals surface area (Å²) in [5.74, 6) is 0.353. The number of carbonyl (C=O) groups excluding carboxylic acids is 2. The van der Waals surface area contributed by atoms with Crippen LogP contribution in [0.15, 0.2) is 77.7 Å². The van der Waals surface area contributed by atoms with Gasteiger partial charge in [-0.3, -0.25) is 9.59 Å². The molecule has 0 saturated carbocycles. The molecule has 4 nitrogen and oxygen atoms in total. The molecular formula is C30H34Cl2N2O2S. The molecule has 0 fully saturated rings. The second kappa shape index (κ2) is 14.5. The highest BCUT2D eigenvalue weighted by atomic mass is 35.5. The Labute approximate surface area is 234 Å². The molecule has 0 saturated heterocycles. The number of carbonyl (C=O) groups is 2. The van der Waals surface area contributed by atoms with Gasteiger partial charge >= 0.3 is 0 Å². The molecular weight excluding hydrogens is 523 g/mol. The molecule has 196 valence electrons. The van der Waals surface area contributed by atoms with Crippen LogP contribution < -0.4 is 5.32 Å². The van der Waals surface area contributed by atoms with Gasteiger partial charge in [0.05, 0.1) is 0 Å². The van der Waals surface area contributed by atoms with Gasteiger partial charge in [-0.15, -0.1) is 11.8 Å². The Hall–Kier alpha value is -2.47. The number of hydrogen-bond acceptors (Lipinski definition) is 3. The molecule has 3 aromatic carbocycles. The molecule has 7 heteroatoms. The molecule has 0 bridgehead atoms. The maximum Gasteiger partial charge on any atom is 0.243 e. The van der Waals surface area contributed by atoms with Gasteiger partial charge in [0, 0.05) is 46.1 Å². The lowest BCUT2D eigenvalue weighted by molar-refractivity contribution is -0.141. The zero-order chi connectivity index (χ0) is 26.8. The van der Waals surface area contributed by atoms with E-state index in [1.165, 1.54) is 5.56 Å². The van der Waals surface area contributed by atoms with Crippen LogP contribution >= 0.6 is 35.0 Å². The van der Waals surface area contributed by atoms with Crippen molar-refractivity contribution < 1.29 is 9.59 Å². The molecule has 0 aliphatic carbocycles. The van der Waals surface area contributed by atoms with E-state index in [4.69, 9.17) is 23.2 Å². The number of rotatable bonds is 12. The minimum Gasteiger partial charge on any atom is -0.352 e. The highest BCUT2D eigenvalue weighted by Crippen LogP contribution is 2.25. The van der Waals surface area contributed by atoms with Gasteiger partial charge in [0.2, 0.25) is 11.8 Å². The van der Waals surface area contributed by atoms with Crippen molar-refractivity contribution in [1.82, 2.24) is 10.2 Å². The fourth-order valence-corrected chi connectivity index (χ4v) is 5.17. The van der Waals surface area contributed by atoms with Gasteiger partial charge < -0.3 is 10.2 Å². The first-order valence-electron chi connectivity index (χ1n) is 12.5. The van der Waals surface area contributed by atoms with Gasteiger partial charge in [0.1, 0.15) is 6.04 Å². The molecule has 0 aliphatic rings. The number of thioether (sulfide) groups is 1. The fraction of sp³-hybridized carbons (Fsp3) is 0.333. The molecule has 1 N–H and O–H groups in total. The summed E-state index contributed by atoms with van der Waals surface area (Å²) in [5.41, 5.74) is 2.93. The van der Waals surface area contributed by atoms with Gasteiger partial charge in [-0.25, -0.2) is 0 Å². The van der Waals surface area contributed by atoms with Crippen LogP contribution in [0.4, 0.5) is 0 Å². The lowest BCUT2D eigenvalue weighted by Crippen LogP contribution is -2.52. The summed E-state index contributed by atoms with van der Waals surface area (Å²) in [5, 5.41) is 4.09. The van der Waals surface area contributed by atoms with E-state index in [1.54, 1.807) is 28.8 Å². The number of aryl methyl sites for hydroxylation is 1. The van der Waals surface area contributed by atoms with Crippen molar-refractivity contribution in [1.29, 1.82) is 0 Å². The monoisotopic (exact) mass is 556 g/mol. The molecule has 0 aliphatic heterocycles. The highest BCUT2D eigenvalue weighted by molar-refractivity contribution is 7.99. The third-order valence-corrected chi connectivity index (χ3v) is 7.83. The van der Waals surface area contributed by atoms with E-state index in [9.17, 15) is 9.59 Å². The summed E-state index contributed by atoms with van der Waals surface area (Å²) < 4.78 is 0. The first kappa shape index (κ1) is 29.1. The molecule has 2 atom stereocenters. The maximum atomic E-state index is 13.7. The Morgan fingerprint density at radius 1 is 1.00 bits per heavy atom. The van der Waals surface area contributed by atoms with E-state index in [2.05, 4.69) is 36.5 Å². The second-order valence-electron chi connectivity index (χ2n) is 9.19. The average molecular weight is 558 g/mol. The number of halogens is 2. The van der Waals surface area contributed by atoms with Gasteiger partial charge in [0.25, 0.3) is 0 Å². The van der Waals surface area contributed by atoms with Crippen LogP contribution in [0.1, 0.15) is 43.4 Å². The van der Waals surface area contributed by atoms with Crippen molar-refractivity contribution in [2.24, 2.45) is 0 Å². The Bertz CT molecular complexity index is 1170. The average Bonchev–Trinajstić information content (AvgIpc) is 2.88. The first-order valence-corrected chi connectivity index (χ1v) is 14.3. The zero-order valence-corrected chi connectivity index (χ0v) is 23.9. The minimum absolute atomic E-state index is 0.000983. The maximum absolute atomic E-state index is 13.7. The van der Waals surface area contributed by atoms with E-state index in [0.29, 0.717) is 28.6 Å². The highest BCUT2D eigenvalue weighted by Gasteiger charge is 2.31. The fourth-order valence-electron chi connectivity index (χ4n) is 3.86. The van der Waals surface area contributed by atoms with E-state index in [0.717, 1.165) is 22.4 Å². The van der Waals surface area contributed by atoms with E-state index < -0.39 is 6.04 Å². The molecule has 0 heterocycles. The molecule has 37 heavy (non-hydrogen) atoms. The summed E-state index contributed by atoms with van der Waals surface area (Å²) in [6.45, 7) is 6.26. The Morgan fingerprint density at radius 2 is 1.70 bits per heavy atom. The zero-order valence-electron chi connectivity index (χ0n) is 21.5. The summed E-state index contributed by atoms with van der Waals surface area (Å²) in [6, 6.07) is 22.6. The molecule has 0 spiro atoms. The number of benzene rings is 3. The first-order chi connectivity index (χ1) is 17.8. The van der Waals surface area contributed by atoms with Gasteiger partial charge in [-0.05, 0) is 55.7 Å². The molecule has 3 aromatic rings. The topological polar surface area (TPSA) is 49.4 Å². The van der Waals surface area contributed by atoms with Crippen LogP contribution in [0, 0.1) is 6.92 Å². The van der Waals surface area contributed by atoms with Crippen molar-refractivity contribution in [2.45, 2.75) is 63.6 Å². The Balaban J connectivity index is 1.88. The van der Waals surface area contributed by atoms with Crippen molar-refractivity contribution in [3.63, 3.8) is 0 Å². The lowest BCUT2D eigenvalue weighted by atomic mass is 10.0. The number of nitrogens with one attached hydrogen (secondary N) is 1. The van der Waals surface area contributed by atoms with Crippen molar-refractivity contribution in [3.05, 3.63) is 99.5 Å². The van der Waals surface area contributed by atoms with Crippen LogP contribution in [0.25, 0.3) is 0 Å².